The highest BCUT2D eigenvalue weighted by Gasteiger charge is 2.16. The van der Waals surface area contributed by atoms with E-state index in [0.29, 0.717) is 13.2 Å². The largest absolute Gasteiger partial charge is 0.328 e. The number of carbonyl (C=O) groups excluding carboxylic acids is 1. The molecule has 0 aromatic carbocycles. The summed E-state index contributed by atoms with van der Waals surface area (Å²) in [6, 6.07) is 0. The van der Waals surface area contributed by atoms with Crippen LogP contribution in [0.5, 0.6) is 0 Å². The van der Waals surface area contributed by atoms with E-state index in [4.69, 9.17) is 0 Å². The van der Waals surface area contributed by atoms with Gasteiger partial charge in [-0.1, -0.05) is 0 Å². The third-order valence-corrected chi connectivity index (χ3v) is 1.67. The van der Waals surface area contributed by atoms with Crippen LogP contribution in [0.25, 0.3) is 0 Å². The predicted octanol–water partition coefficient (Wildman–Crippen LogP) is -1.06. The molecule has 0 bridgehead atoms. The summed E-state index contributed by atoms with van der Waals surface area (Å²) in [5.41, 5.74) is 0. The lowest BCUT2D eigenvalue weighted by atomic mass is 10.5. The number of carbonyl (C=O) groups is 1. The topological polar surface area (TPSA) is 35.6 Å². The number of nitrogens with one attached hydrogen (secondary N) is 1. The van der Waals surface area contributed by atoms with Crippen LogP contribution in [0.15, 0.2) is 0 Å². The molecule has 1 rings (SSSR count). The maximum atomic E-state index is 11.3. The van der Waals surface area contributed by atoms with Crippen LogP contribution in [-0.4, -0.2) is 56.1 Å². The van der Waals surface area contributed by atoms with Gasteiger partial charge >= 0.3 is 0 Å². The van der Waals surface area contributed by atoms with E-state index in [-0.39, 0.29) is 5.91 Å². The maximum Gasteiger partial charge on any atom is 0.237 e. The molecule has 64 valence electrons. The summed E-state index contributed by atoms with van der Waals surface area (Å²) < 4.78 is 0. The van der Waals surface area contributed by atoms with Crippen LogP contribution in [0.3, 0.4) is 0 Å². The Morgan fingerprint density at radius 3 is 2.82 bits per heavy atom. The Kier molecular flexibility index (Phi) is 2.84. The standard InChI is InChI=1S/C7H15N3O/c1-9(2)5-7(11)10-4-3-8-6-10/h8H,3-6H2,1-2H3. The lowest BCUT2D eigenvalue weighted by Crippen LogP contribution is -2.36. The zero-order valence-corrected chi connectivity index (χ0v) is 7.13. The van der Waals surface area contributed by atoms with Crippen molar-refractivity contribution in [1.82, 2.24) is 15.1 Å². The lowest BCUT2D eigenvalue weighted by molar-refractivity contribution is -0.130. The third-order valence-electron chi connectivity index (χ3n) is 1.67. The minimum atomic E-state index is 0.208. The molecule has 0 aromatic rings. The average Bonchev–Trinajstić information content (AvgIpc) is 2.35. The zero-order chi connectivity index (χ0) is 8.27. The van der Waals surface area contributed by atoms with Gasteiger partial charge < -0.3 is 9.80 Å². The lowest BCUT2D eigenvalue weighted by Gasteiger charge is -2.16. The van der Waals surface area contributed by atoms with E-state index in [1.807, 2.05) is 23.9 Å². The minimum Gasteiger partial charge on any atom is -0.328 e. The van der Waals surface area contributed by atoms with Crippen LogP contribution in [0.4, 0.5) is 0 Å². The van der Waals surface area contributed by atoms with Crippen LogP contribution >= 0.6 is 0 Å². The Morgan fingerprint density at radius 2 is 2.36 bits per heavy atom. The summed E-state index contributed by atoms with van der Waals surface area (Å²) in [6.45, 7) is 3.01. The zero-order valence-electron chi connectivity index (χ0n) is 7.13. The van der Waals surface area contributed by atoms with Crippen molar-refractivity contribution in [1.29, 1.82) is 0 Å². The Morgan fingerprint density at radius 1 is 1.64 bits per heavy atom. The first-order chi connectivity index (χ1) is 5.20. The smallest absolute Gasteiger partial charge is 0.237 e. The molecule has 1 amide bonds. The van der Waals surface area contributed by atoms with Crippen molar-refractivity contribution in [2.75, 3.05) is 40.4 Å². The van der Waals surface area contributed by atoms with Gasteiger partial charge in [-0.15, -0.1) is 0 Å². The van der Waals surface area contributed by atoms with Crippen molar-refractivity contribution in [3.8, 4) is 0 Å². The van der Waals surface area contributed by atoms with Gasteiger partial charge in [0.25, 0.3) is 0 Å². The van der Waals surface area contributed by atoms with Crippen molar-refractivity contribution >= 4 is 5.91 Å². The number of hydrogen-bond donors (Lipinski definition) is 1. The quantitative estimate of drug-likeness (QED) is 0.555. The second-order valence-electron chi connectivity index (χ2n) is 3.05. The molecule has 1 N–H and O–H groups in total. The van der Waals surface area contributed by atoms with E-state index in [9.17, 15) is 4.79 Å². The van der Waals surface area contributed by atoms with E-state index in [2.05, 4.69) is 5.32 Å². The average molecular weight is 157 g/mol. The SMILES string of the molecule is CN(C)CC(=O)N1CCNC1. The van der Waals surface area contributed by atoms with Crippen molar-refractivity contribution in [3.63, 3.8) is 0 Å². The first-order valence-electron chi connectivity index (χ1n) is 3.83. The molecule has 1 aliphatic rings. The van der Waals surface area contributed by atoms with Crippen LogP contribution in [-0.2, 0) is 4.79 Å². The van der Waals surface area contributed by atoms with Gasteiger partial charge in [-0.25, -0.2) is 0 Å². The summed E-state index contributed by atoms with van der Waals surface area (Å²) in [5, 5.41) is 3.11. The second kappa shape index (κ2) is 3.69. The number of amides is 1. The monoisotopic (exact) mass is 157 g/mol. The highest BCUT2D eigenvalue weighted by Crippen LogP contribution is 1.93. The van der Waals surface area contributed by atoms with E-state index < -0.39 is 0 Å². The molecular formula is C7H15N3O. The molecular weight excluding hydrogens is 142 g/mol. The van der Waals surface area contributed by atoms with Gasteiger partial charge in [0.1, 0.15) is 0 Å². The first kappa shape index (κ1) is 8.49. The van der Waals surface area contributed by atoms with Gasteiger partial charge in [0.05, 0.1) is 13.2 Å². The van der Waals surface area contributed by atoms with Crippen molar-refractivity contribution in [3.05, 3.63) is 0 Å². The third kappa shape index (κ3) is 2.48. The fraction of sp³-hybridized carbons (Fsp3) is 0.857. The highest BCUT2D eigenvalue weighted by molar-refractivity contribution is 5.78. The molecule has 1 fully saturated rings. The summed E-state index contributed by atoms with van der Waals surface area (Å²) in [7, 11) is 3.81. The maximum absolute atomic E-state index is 11.3. The van der Waals surface area contributed by atoms with Crippen LogP contribution in [0.2, 0.25) is 0 Å². The van der Waals surface area contributed by atoms with E-state index in [1.165, 1.54) is 0 Å². The summed E-state index contributed by atoms with van der Waals surface area (Å²) in [4.78, 5) is 15.0. The van der Waals surface area contributed by atoms with E-state index in [1.54, 1.807) is 0 Å². The fourth-order valence-corrected chi connectivity index (χ4v) is 1.09. The van der Waals surface area contributed by atoms with E-state index in [0.717, 1.165) is 13.1 Å². The van der Waals surface area contributed by atoms with Gasteiger partial charge in [0.2, 0.25) is 5.91 Å². The number of hydrogen-bond acceptors (Lipinski definition) is 3. The first-order valence-corrected chi connectivity index (χ1v) is 3.83. The van der Waals surface area contributed by atoms with Gasteiger partial charge in [-0.2, -0.15) is 0 Å². The van der Waals surface area contributed by atoms with Crippen LogP contribution in [0, 0.1) is 0 Å². The fourth-order valence-electron chi connectivity index (χ4n) is 1.09. The van der Waals surface area contributed by atoms with Crippen molar-refractivity contribution in [2.24, 2.45) is 0 Å². The number of nitrogens with zero attached hydrogens (tertiary/aromatic N) is 2. The summed E-state index contributed by atoms with van der Waals surface area (Å²) in [5.74, 6) is 0.208. The minimum absolute atomic E-state index is 0.208. The van der Waals surface area contributed by atoms with Crippen molar-refractivity contribution < 1.29 is 4.79 Å². The molecule has 0 saturated carbocycles. The van der Waals surface area contributed by atoms with E-state index >= 15 is 0 Å². The Bertz CT molecular complexity index is 141. The Labute approximate surface area is 67.2 Å². The molecule has 1 heterocycles. The molecule has 0 aliphatic carbocycles. The summed E-state index contributed by atoms with van der Waals surface area (Å²) in [6.07, 6.45) is 0. The molecule has 1 saturated heterocycles. The van der Waals surface area contributed by atoms with Crippen LogP contribution in [0.1, 0.15) is 0 Å². The molecule has 0 radical (unpaired) electrons. The molecule has 1 aliphatic heterocycles. The Hall–Kier alpha value is -0.610. The summed E-state index contributed by atoms with van der Waals surface area (Å²) >= 11 is 0. The van der Waals surface area contributed by atoms with Gasteiger partial charge in [-0.05, 0) is 14.1 Å². The molecule has 0 spiro atoms. The second-order valence-corrected chi connectivity index (χ2v) is 3.05. The van der Waals surface area contributed by atoms with Crippen molar-refractivity contribution in [2.45, 2.75) is 0 Å². The molecule has 11 heavy (non-hydrogen) atoms. The molecule has 4 nitrogen and oxygen atoms in total. The van der Waals surface area contributed by atoms with Gasteiger partial charge in [0, 0.05) is 13.1 Å². The molecule has 0 unspecified atom stereocenters. The predicted molar refractivity (Wildman–Crippen MR) is 43.1 cm³/mol. The molecule has 4 heteroatoms. The number of likely N-dealkylation sites (N-methyl/N-ethyl adjacent to an activating group) is 1. The Balaban J connectivity index is 2.28. The van der Waals surface area contributed by atoms with Crippen LogP contribution < -0.4 is 5.32 Å². The normalized spacial score (nSPS) is 17.9. The van der Waals surface area contributed by atoms with Gasteiger partial charge in [-0.3, -0.25) is 10.1 Å². The number of rotatable bonds is 2. The molecule has 0 atom stereocenters. The highest BCUT2D eigenvalue weighted by atomic mass is 16.2. The molecule has 0 aromatic heterocycles. The van der Waals surface area contributed by atoms with Gasteiger partial charge in [0.15, 0.2) is 0 Å².